The molecule has 0 amide bonds. The number of hydrogen-bond donors (Lipinski definition) is 0. The van der Waals surface area contributed by atoms with E-state index in [2.05, 4.69) is 23.2 Å². The Labute approximate surface area is 125 Å². The Morgan fingerprint density at radius 1 is 1.25 bits per heavy atom. The quantitative estimate of drug-likeness (QED) is 0.764. The van der Waals surface area contributed by atoms with Crippen molar-refractivity contribution in [3.63, 3.8) is 0 Å². The summed E-state index contributed by atoms with van der Waals surface area (Å²) in [7, 11) is 1.80. The van der Waals surface area contributed by atoms with Gasteiger partial charge < -0.3 is 4.74 Å². The molecule has 0 spiro atoms. The predicted octanol–water partition coefficient (Wildman–Crippen LogP) is 4.34. The van der Waals surface area contributed by atoms with Gasteiger partial charge >= 0.3 is 0 Å². The van der Waals surface area contributed by atoms with Gasteiger partial charge in [-0.05, 0) is 37.8 Å². The third kappa shape index (κ3) is 2.82. The third-order valence-corrected chi connectivity index (χ3v) is 4.69. The number of aromatic nitrogens is 1. The van der Waals surface area contributed by atoms with Crippen LogP contribution in [0.5, 0.6) is 0 Å². The average molecular weight is 290 g/mol. The molecule has 1 aromatic carbocycles. The second-order valence-corrected chi connectivity index (χ2v) is 6.36. The lowest BCUT2D eigenvalue weighted by Gasteiger charge is -2.41. The van der Waals surface area contributed by atoms with Crippen molar-refractivity contribution in [2.24, 2.45) is 0 Å². The van der Waals surface area contributed by atoms with E-state index in [1.54, 1.807) is 7.11 Å². The molecule has 3 rings (SSSR count). The lowest BCUT2D eigenvalue weighted by atomic mass is 9.76. The van der Waals surface area contributed by atoms with Crippen LogP contribution in [0.3, 0.4) is 0 Å². The fraction of sp³-hybridized carbons (Fsp3) is 0.471. The molecule has 0 aliphatic heterocycles. The van der Waals surface area contributed by atoms with E-state index in [9.17, 15) is 0 Å². The molecule has 1 saturated carbocycles. The van der Waals surface area contributed by atoms with Gasteiger partial charge in [0.25, 0.3) is 0 Å². The molecule has 0 N–H and O–H groups in total. The van der Waals surface area contributed by atoms with Crippen molar-refractivity contribution >= 4 is 22.5 Å². The lowest BCUT2D eigenvalue weighted by Crippen LogP contribution is -2.41. The normalized spacial score (nSPS) is 18.7. The number of benzene rings is 1. The third-order valence-electron chi connectivity index (χ3n) is 4.38. The topological polar surface area (TPSA) is 22.1 Å². The predicted molar refractivity (Wildman–Crippen MR) is 83.3 cm³/mol. The summed E-state index contributed by atoms with van der Waals surface area (Å²) in [5.41, 5.74) is 2.14. The van der Waals surface area contributed by atoms with Crippen molar-refractivity contribution in [1.82, 2.24) is 4.98 Å². The molecule has 2 nitrogen and oxygen atoms in total. The van der Waals surface area contributed by atoms with Gasteiger partial charge in [0.05, 0.1) is 11.1 Å². The summed E-state index contributed by atoms with van der Waals surface area (Å²) in [4.78, 5) is 4.69. The van der Waals surface area contributed by atoms with E-state index in [1.165, 1.54) is 11.8 Å². The van der Waals surface area contributed by atoms with Crippen molar-refractivity contribution in [2.45, 2.75) is 43.1 Å². The Kier molecular flexibility index (Phi) is 3.95. The molecule has 106 valence electrons. The first-order chi connectivity index (χ1) is 9.71. The van der Waals surface area contributed by atoms with Crippen LogP contribution in [0.1, 0.15) is 31.4 Å². The smallest absolute Gasteiger partial charge is 0.0705 e. The van der Waals surface area contributed by atoms with E-state index in [-0.39, 0.29) is 11.0 Å². The molecule has 3 heteroatoms. The number of methoxy groups -OCH3 is 1. The van der Waals surface area contributed by atoms with Crippen LogP contribution in [0.25, 0.3) is 10.9 Å². The number of halogens is 1. The lowest BCUT2D eigenvalue weighted by molar-refractivity contribution is -0.0777. The number of alkyl halides is 1. The number of hydrogen-bond acceptors (Lipinski definition) is 2. The number of pyridine rings is 1. The van der Waals surface area contributed by atoms with Gasteiger partial charge in [-0.3, -0.25) is 4.98 Å². The van der Waals surface area contributed by atoms with E-state index >= 15 is 0 Å². The molecule has 1 heterocycles. The van der Waals surface area contributed by atoms with Gasteiger partial charge in [-0.15, -0.1) is 11.6 Å². The van der Waals surface area contributed by atoms with Crippen molar-refractivity contribution in [2.75, 3.05) is 7.11 Å². The monoisotopic (exact) mass is 289 g/mol. The molecule has 1 aromatic heterocycles. The van der Waals surface area contributed by atoms with E-state index in [1.807, 2.05) is 18.2 Å². The molecule has 1 aliphatic carbocycles. The summed E-state index contributed by atoms with van der Waals surface area (Å²) >= 11 is 6.52. The van der Waals surface area contributed by atoms with Crippen LogP contribution < -0.4 is 0 Å². The average Bonchev–Trinajstić information content (AvgIpc) is 2.43. The molecule has 0 radical (unpaired) electrons. The minimum Gasteiger partial charge on any atom is -0.378 e. The molecular weight excluding hydrogens is 270 g/mol. The van der Waals surface area contributed by atoms with Crippen molar-refractivity contribution in [3.05, 3.63) is 42.1 Å². The van der Waals surface area contributed by atoms with Crippen LogP contribution in [0.2, 0.25) is 0 Å². The molecular formula is C17H20ClNO. The molecule has 2 aromatic rings. The van der Waals surface area contributed by atoms with Gasteiger partial charge in [-0.1, -0.05) is 24.3 Å². The van der Waals surface area contributed by atoms with Crippen LogP contribution >= 0.6 is 11.6 Å². The van der Waals surface area contributed by atoms with E-state index < -0.39 is 0 Å². The fourth-order valence-corrected chi connectivity index (χ4v) is 3.43. The molecule has 1 aliphatic rings. The van der Waals surface area contributed by atoms with Crippen molar-refractivity contribution in [3.8, 4) is 0 Å². The molecule has 20 heavy (non-hydrogen) atoms. The Balaban J connectivity index is 1.69. The zero-order chi connectivity index (χ0) is 14.0. The van der Waals surface area contributed by atoms with E-state index in [0.29, 0.717) is 0 Å². The molecule has 1 atom stereocenters. The van der Waals surface area contributed by atoms with Crippen LogP contribution in [-0.2, 0) is 11.2 Å². The maximum Gasteiger partial charge on any atom is 0.0705 e. The maximum absolute atomic E-state index is 6.52. The largest absolute Gasteiger partial charge is 0.378 e. The molecule has 0 saturated heterocycles. The standard InChI is InChI=1S/C17H20ClNO/c1-20-17(9-4-10-17)12-14(18)11-15-8-7-13-5-2-3-6-16(13)19-15/h2-3,5-8,14H,4,9-12H2,1H3. The van der Waals surface area contributed by atoms with Gasteiger partial charge in [0.1, 0.15) is 0 Å². The Morgan fingerprint density at radius 3 is 2.75 bits per heavy atom. The Hall–Kier alpha value is -1.12. The highest BCUT2D eigenvalue weighted by atomic mass is 35.5. The summed E-state index contributed by atoms with van der Waals surface area (Å²) < 4.78 is 5.65. The van der Waals surface area contributed by atoms with Crippen molar-refractivity contribution < 1.29 is 4.74 Å². The first-order valence-electron chi connectivity index (χ1n) is 7.25. The van der Waals surface area contributed by atoms with Crippen LogP contribution in [0, 0.1) is 0 Å². The van der Waals surface area contributed by atoms with Gasteiger partial charge in [0, 0.05) is 30.0 Å². The first-order valence-corrected chi connectivity index (χ1v) is 7.68. The fourth-order valence-electron chi connectivity index (χ4n) is 2.99. The summed E-state index contributed by atoms with van der Waals surface area (Å²) in [5.74, 6) is 0. The highest BCUT2D eigenvalue weighted by Gasteiger charge is 2.38. The maximum atomic E-state index is 6.52. The van der Waals surface area contributed by atoms with Gasteiger partial charge in [-0.2, -0.15) is 0 Å². The number of rotatable bonds is 5. The zero-order valence-corrected chi connectivity index (χ0v) is 12.6. The van der Waals surface area contributed by atoms with E-state index in [0.717, 1.165) is 36.9 Å². The highest BCUT2D eigenvalue weighted by molar-refractivity contribution is 6.20. The number of nitrogens with zero attached hydrogens (tertiary/aromatic N) is 1. The summed E-state index contributed by atoms with van der Waals surface area (Å²) in [6, 6.07) is 12.4. The molecule has 0 bridgehead atoms. The summed E-state index contributed by atoms with van der Waals surface area (Å²) in [6.07, 6.45) is 5.25. The first kappa shape index (κ1) is 13.8. The minimum atomic E-state index is 0.0310. The molecule has 1 fully saturated rings. The summed E-state index contributed by atoms with van der Waals surface area (Å²) in [6.45, 7) is 0. The van der Waals surface area contributed by atoms with Crippen molar-refractivity contribution in [1.29, 1.82) is 0 Å². The van der Waals surface area contributed by atoms with Crippen LogP contribution in [-0.4, -0.2) is 23.1 Å². The second-order valence-electron chi connectivity index (χ2n) is 5.74. The Morgan fingerprint density at radius 2 is 2.05 bits per heavy atom. The minimum absolute atomic E-state index is 0.0310. The van der Waals surface area contributed by atoms with Gasteiger partial charge in [0.2, 0.25) is 0 Å². The van der Waals surface area contributed by atoms with Gasteiger partial charge in [-0.25, -0.2) is 0 Å². The number of ether oxygens (including phenoxy) is 1. The van der Waals surface area contributed by atoms with Crippen LogP contribution in [0.4, 0.5) is 0 Å². The number of para-hydroxylation sites is 1. The highest BCUT2D eigenvalue weighted by Crippen LogP contribution is 2.40. The van der Waals surface area contributed by atoms with Crippen LogP contribution in [0.15, 0.2) is 36.4 Å². The zero-order valence-electron chi connectivity index (χ0n) is 11.8. The second kappa shape index (κ2) is 5.71. The SMILES string of the molecule is COC1(CC(Cl)Cc2ccc3ccccc3n2)CCC1. The van der Waals surface area contributed by atoms with Gasteiger partial charge in [0.15, 0.2) is 0 Å². The summed E-state index contributed by atoms with van der Waals surface area (Å²) in [5, 5.41) is 1.26. The van der Waals surface area contributed by atoms with E-state index in [4.69, 9.17) is 16.3 Å². The molecule has 1 unspecified atom stereocenters. The number of fused-ring (bicyclic) bond motifs is 1. The Bertz CT molecular complexity index is 589.